The lowest BCUT2D eigenvalue weighted by Gasteiger charge is -2.31. The number of fused-ring (bicyclic) bond motifs is 1. The van der Waals surface area contributed by atoms with E-state index >= 15 is 0 Å². The van der Waals surface area contributed by atoms with Gasteiger partial charge in [0.25, 0.3) is 5.56 Å². The van der Waals surface area contributed by atoms with E-state index in [9.17, 15) is 14.4 Å². The van der Waals surface area contributed by atoms with Crippen LogP contribution in [0.1, 0.15) is 43.4 Å². The Morgan fingerprint density at radius 3 is 2.31 bits per heavy atom. The first-order chi connectivity index (χ1) is 13.6. The number of carbonyl (C=O) groups is 1. The average molecular weight is 397 g/mol. The Hall–Kier alpha value is -3.09. The molecule has 0 unspecified atom stereocenters. The average Bonchev–Trinajstić information content (AvgIpc) is 2.68. The molecule has 1 aromatic carbocycles. The summed E-state index contributed by atoms with van der Waals surface area (Å²) in [5.74, 6) is -0.496. The third-order valence-corrected chi connectivity index (χ3v) is 5.17. The number of hydrogen-bond acceptors (Lipinski definition) is 5. The van der Waals surface area contributed by atoms with Crippen LogP contribution >= 0.6 is 0 Å². The zero-order valence-electron chi connectivity index (χ0n) is 17.7. The molecule has 0 bridgehead atoms. The number of rotatable bonds is 4. The molecule has 7 heteroatoms. The SMILES string of the molecule is CC1=C(C(=O)OCC(C)C)[C@H](c2ccc(C)cc2)c2c(n(C)c(=O)n(C)c2=O)N1. The molecule has 2 heterocycles. The number of nitrogens with zero attached hydrogens (tertiary/aromatic N) is 2. The maximum Gasteiger partial charge on any atom is 0.336 e. The monoisotopic (exact) mass is 397 g/mol. The molecule has 1 aromatic heterocycles. The van der Waals surface area contributed by atoms with E-state index in [0.29, 0.717) is 22.7 Å². The minimum Gasteiger partial charge on any atom is -0.462 e. The summed E-state index contributed by atoms with van der Waals surface area (Å²) in [4.78, 5) is 38.6. The zero-order valence-corrected chi connectivity index (χ0v) is 17.7. The maximum atomic E-state index is 13.1. The topological polar surface area (TPSA) is 82.3 Å². The summed E-state index contributed by atoms with van der Waals surface area (Å²) in [6.07, 6.45) is 0. The van der Waals surface area contributed by atoms with Crippen LogP contribution in [0.15, 0.2) is 45.1 Å². The third-order valence-electron chi connectivity index (χ3n) is 5.17. The largest absolute Gasteiger partial charge is 0.462 e. The van der Waals surface area contributed by atoms with Gasteiger partial charge in [0.15, 0.2) is 0 Å². The van der Waals surface area contributed by atoms with Crippen LogP contribution in [-0.4, -0.2) is 21.7 Å². The Morgan fingerprint density at radius 2 is 1.72 bits per heavy atom. The molecule has 3 rings (SSSR count). The lowest BCUT2D eigenvalue weighted by molar-refractivity contribution is -0.140. The van der Waals surface area contributed by atoms with Crippen LogP contribution in [0.3, 0.4) is 0 Å². The van der Waals surface area contributed by atoms with Gasteiger partial charge in [-0.05, 0) is 25.3 Å². The van der Waals surface area contributed by atoms with Crippen LogP contribution in [0.4, 0.5) is 5.82 Å². The van der Waals surface area contributed by atoms with E-state index in [-0.39, 0.29) is 12.5 Å². The number of nitrogens with one attached hydrogen (secondary N) is 1. The van der Waals surface area contributed by atoms with Gasteiger partial charge in [0.05, 0.1) is 23.7 Å². The van der Waals surface area contributed by atoms with E-state index in [1.807, 2.05) is 45.0 Å². The van der Waals surface area contributed by atoms with Crippen molar-refractivity contribution < 1.29 is 9.53 Å². The van der Waals surface area contributed by atoms with Gasteiger partial charge in [-0.3, -0.25) is 13.9 Å². The molecule has 0 aliphatic carbocycles. The van der Waals surface area contributed by atoms with Crippen molar-refractivity contribution >= 4 is 11.8 Å². The molecule has 0 saturated heterocycles. The second-order valence-corrected chi connectivity index (χ2v) is 7.97. The van der Waals surface area contributed by atoms with Crippen LogP contribution in [0.25, 0.3) is 0 Å². The van der Waals surface area contributed by atoms with Crippen molar-refractivity contribution in [3.8, 4) is 0 Å². The molecule has 29 heavy (non-hydrogen) atoms. The van der Waals surface area contributed by atoms with Gasteiger partial charge < -0.3 is 10.1 Å². The zero-order chi connectivity index (χ0) is 21.5. The molecule has 1 aliphatic heterocycles. The van der Waals surface area contributed by atoms with Crippen molar-refractivity contribution in [3.05, 3.63) is 73.1 Å². The van der Waals surface area contributed by atoms with E-state index in [1.54, 1.807) is 14.0 Å². The lowest BCUT2D eigenvalue weighted by Crippen LogP contribution is -2.43. The van der Waals surface area contributed by atoms with Crippen molar-refractivity contribution in [2.24, 2.45) is 20.0 Å². The number of esters is 1. The minimum atomic E-state index is -0.628. The van der Waals surface area contributed by atoms with Crippen LogP contribution in [-0.2, 0) is 23.6 Å². The normalized spacial score (nSPS) is 15.9. The highest BCUT2D eigenvalue weighted by Crippen LogP contribution is 2.40. The second kappa shape index (κ2) is 7.73. The molecular formula is C22H27N3O4. The van der Waals surface area contributed by atoms with E-state index in [1.165, 1.54) is 11.6 Å². The predicted molar refractivity (Wildman–Crippen MR) is 112 cm³/mol. The van der Waals surface area contributed by atoms with Crippen molar-refractivity contribution in [2.75, 3.05) is 11.9 Å². The Kier molecular flexibility index (Phi) is 5.50. The van der Waals surface area contributed by atoms with Gasteiger partial charge in [-0.1, -0.05) is 43.7 Å². The van der Waals surface area contributed by atoms with Crippen LogP contribution in [0.2, 0.25) is 0 Å². The fourth-order valence-electron chi connectivity index (χ4n) is 3.57. The van der Waals surface area contributed by atoms with Gasteiger partial charge in [0.1, 0.15) is 5.82 Å². The third kappa shape index (κ3) is 3.64. The summed E-state index contributed by atoms with van der Waals surface area (Å²) in [5.41, 5.74) is 2.33. The van der Waals surface area contributed by atoms with E-state index in [2.05, 4.69) is 5.32 Å². The molecule has 1 aliphatic rings. The van der Waals surface area contributed by atoms with Crippen molar-refractivity contribution in [1.82, 2.24) is 9.13 Å². The van der Waals surface area contributed by atoms with Crippen LogP contribution in [0, 0.1) is 12.8 Å². The van der Waals surface area contributed by atoms with Gasteiger partial charge in [0, 0.05) is 19.8 Å². The first-order valence-electron chi connectivity index (χ1n) is 9.64. The van der Waals surface area contributed by atoms with E-state index in [4.69, 9.17) is 4.74 Å². The molecule has 0 radical (unpaired) electrons. The highest BCUT2D eigenvalue weighted by Gasteiger charge is 2.37. The smallest absolute Gasteiger partial charge is 0.336 e. The Labute approximate surface area is 169 Å². The molecule has 0 saturated carbocycles. The molecule has 0 fully saturated rings. The minimum absolute atomic E-state index is 0.190. The fraction of sp³-hybridized carbons (Fsp3) is 0.409. The van der Waals surface area contributed by atoms with Gasteiger partial charge in [-0.15, -0.1) is 0 Å². The van der Waals surface area contributed by atoms with Crippen LogP contribution in [0.5, 0.6) is 0 Å². The van der Waals surface area contributed by atoms with Gasteiger partial charge in [-0.2, -0.15) is 0 Å². The summed E-state index contributed by atoms with van der Waals surface area (Å²) >= 11 is 0. The summed E-state index contributed by atoms with van der Waals surface area (Å²) in [6.45, 7) is 7.95. The molecule has 0 spiro atoms. The van der Waals surface area contributed by atoms with Gasteiger partial charge in [0.2, 0.25) is 0 Å². The number of carbonyl (C=O) groups excluding carboxylic acids is 1. The second-order valence-electron chi connectivity index (χ2n) is 7.97. The van der Waals surface area contributed by atoms with Crippen molar-refractivity contribution in [3.63, 3.8) is 0 Å². The molecular weight excluding hydrogens is 370 g/mol. The standard InChI is InChI=1S/C22H27N3O4/c1-12(2)11-29-21(27)16-14(4)23-19-18(20(26)25(6)22(28)24(19)5)17(16)15-9-7-13(3)8-10-15/h7-10,12,17,23H,11H2,1-6H3/t17-/m0/s1. The molecule has 0 amide bonds. The van der Waals surface area contributed by atoms with Crippen molar-refractivity contribution in [2.45, 2.75) is 33.6 Å². The van der Waals surface area contributed by atoms with E-state index in [0.717, 1.165) is 15.7 Å². The van der Waals surface area contributed by atoms with Crippen molar-refractivity contribution in [1.29, 1.82) is 0 Å². The number of anilines is 1. The molecule has 1 N–H and O–H groups in total. The quantitative estimate of drug-likeness (QED) is 0.802. The summed E-state index contributed by atoms with van der Waals surface area (Å²) < 4.78 is 7.98. The lowest BCUT2D eigenvalue weighted by atomic mass is 9.82. The number of ether oxygens (including phenoxy) is 1. The highest BCUT2D eigenvalue weighted by atomic mass is 16.5. The highest BCUT2D eigenvalue weighted by molar-refractivity contribution is 5.94. The summed E-state index contributed by atoms with van der Waals surface area (Å²) in [6, 6.07) is 7.69. The number of aromatic nitrogens is 2. The summed E-state index contributed by atoms with van der Waals surface area (Å²) in [7, 11) is 3.05. The van der Waals surface area contributed by atoms with Gasteiger partial charge >= 0.3 is 11.7 Å². The maximum absolute atomic E-state index is 13.1. The Balaban J connectivity index is 2.28. The van der Waals surface area contributed by atoms with Crippen LogP contribution < -0.4 is 16.6 Å². The number of benzene rings is 1. The van der Waals surface area contributed by atoms with Gasteiger partial charge in [-0.25, -0.2) is 9.59 Å². The molecule has 1 atom stereocenters. The Bertz CT molecular complexity index is 1100. The summed E-state index contributed by atoms with van der Waals surface area (Å²) in [5, 5.41) is 3.10. The Morgan fingerprint density at radius 1 is 1.10 bits per heavy atom. The number of allylic oxidation sites excluding steroid dienone is 1. The fourth-order valence-corrected chi connectivity index (χ4v) is 3.57. The molecule has 7 nitrogen and oxygen atoms in total. The molecule has 2 aromatic rings. The molecule has 154 valence electrons. The number of hydrogen-bond donors (Lipinski definition) is 1. The first-order valence-corrected chi connectivity index (χ1v) is 9.64. The van der Waals surface area contributed by atoms with E-state index < -0.39 is 23.1 Å². The predicted octanol–water partition coefficient (Wildman–Crippen LogP) is 2.42. The number of aryl methyl sites for hydroxylation is 1. The first kappa shape index (κ1) is 20.6.